The van der Waals surface area contributed by atoms with Gasteiger partial charge in [-0.3, -0.25) is 9.89 Å². The topological polar surface area (TPSA) is 34.1 Å². The van der Waals surface area contributed by atoms with E-state index >= 15 is 0 Å². The lowest BCUT2D eigenvalue weighted by molar-refractivity contribution is -0.0677. The molecule has 0 radical (unpaired) electrons. The minimum atomic E-state index is 0. The van der Waals surface area contributed by atoms with Gasteiger partial charge in [-0.15, -0.1) is 24.0 Å². The number of nitrogens with zero attached hydrogens (tertiary/aromatic N) is 4. The van der Waals surface area contributed by atoms with Gasteiger partial charge in [0.2, 0.25) is 0 Å². The molecule has 0 unspecified atom stereocenters. The van der Waals surface area contributed by atoms with Crippen LogP contribution in [0.5, 0.6) is 0 Å². The van der Waals surface area contributed by atoms with Gasteiger partial charge in [0.25, 0.3) is 0 Å². The normalized spacial score (nSPS) is 28.2. The third-order valence-corrected chi connectivity index (χ3v) is 7.87. The standard InChI is InChI=1S/C21H41N5.HI/c1-19(2)17-26(20(19,3)4)18(22-5)23-16-21(10-14-24(6)15-11-21)25-12-8-7-9-13-25;/h7-17H2,1-6H3,(H,22,23);1H. The van der Waals surface area contributed by atoms with Crippen molar-refractivity contribution >= 4 is 29.9 Å². The molecule has 3 saturated heterocycles. The summed E-state index contributed by atoms with van der Waals surface area (Å²) in [6, 6.07) is 0. The van der Waals surface area contributed by atoms with E-state index in [2.05, 4.69) is 59.8 Å². The van der Waals surface area contributed by atoms with Crippen LogP contribution >= 0.6 is 24.0 Å². The zero-order valence-corrected chi connectivity index (χ0v) is 20.8. The number of likely N-dealkylation sites (tertiary alicyclic amines) is 3. The molecule has 0 bridgehead atoms. The summed E-state index contributed by atoms with van der Waals surface area (Å²) in [5.41, 5.74) is 0.788. The highest BCUT2D eigenvalue weighted by Gasteiger charge is 2.54. The number of aliphatic imine (C=N–C) groups is 1. The van der Waals surface area contributed by atoms with Crippen LogP contribution in [-0.4, -0.2) is 85.1 Å². The van der Waals surface area contributed by atoms with Gasteiger partial charge in [0.15, 0.2) is 5.96 Å². The molecule has 0 atom stereocenters. The van der Waals surface area contributed by atoms with Crippen molar-refractivity contribution < 1.29 is 0 Å². The lowest BCUT2D eigenvalue weighted by Crippen LogP contribution is -2.73. The van der Waals surface area contributed by atoms with Crippen LogP contribution in [0, 0.1) is 5.41 Å². The summed E-state index contributed by atoms with van der Waals surface area (Å²) < 4.78 is 0. The molecular weight excluding hydrogens is 449 g/mol. The summed E-state index contributed by atoms with van der Waals surface area (Å²) in [6.45, 7) is 16.5. The lowest BCUT2D eigenvalue weighted by atomic mass is 9.65. The number of nitrogens with one attached hydrogen (secondary N) is 1. The molecule has 0 aromatic carbocycles. The van der Waals surface area contributed by atoms with E-state index in [1.54, 1.807) is 0 Å². The Balaban J connectivity index is 0.00000261. The predicted octanol–water partition coefficient (Wildman–Crippen LogP) is 3.25. The minimum Gasteiger partial charge on any atom is -0.354 e. The molecule has 1 N–H and O–H groups in total. The van der Waals surface area contributed by atoms with Gasteiger partial charge in [-0.1, -0.05) is 20.3 Å². The Labute approximate surface area is 184 Å². The Morgan fingerprint density at radius 1 is 0.963 bits per heavy atom. The Kier molecular flexibility index (Phi) is 7.51. The number of hydrogen-bond acceptors (Lipinski definition) is 3. The fourth-order valence-corrected chi connectivity index (χ4v) is 4.95. The molecule has 3 rings (SSSR count). The second-order valence-electron chi connectivity index (χ2n) is 10.0. The molecule has 0 saturated carbocycles. The number of hydrogen-bond donors (Lipinski definition) is 1. The molecule has 6 heteroatoms. The molecular formula is C21H42IN5. The molecule has 3 aliphatic rings. The summed E-state index contributed by atoms with van der Waals surface area (Å²) in [5.74, 6) is 1.09. The monoisotopic (exact) mass is 491 g/mol. The van der Waals surface area contributed by atoms with Gasteiger partial charge in [-0.2, -0.15) is 0 Å². The predicted molar refractivity (Wildman–Crippen MR) is 126 cm³/mol. The highest BCUT2D eigenvalue weighted by Crippen LogP contribution is 2.46. The average Bonchev–Trinajstić information content (AvgIpc) is 2.63. The first-order valence-electron chi connectivity index (χ1n) is 10.6. The molecule has 3 fully saturated rings. The summed E-state index contributed by atoms with van der Waals surface area (Å²) in [7, 11) is 4.20. The van der Waals surface area contributed by atoms with Crippen molar-refractivity contribution in [2.45, 2.75) is 70.9 Å². The molecule has 0 amide bonds. The summed E-state index contributed by atoms with van der Waals surface area (Å²) in [6.07, 6.45) is 6.66. The lowest BCUT2D eigenvalue weighted by Gasteiger charge is -2.62. The second kappa shape index (κ2) is 8.74. The van der Waals surface area contributed by atoms with E-state index < -0.39 is 0 Å². The quantitative estimate of drug-likeness (QED) is 0.374. The van der Waals surface area contributed by atoms with Gasteiger partial charge in [0, 0.05) is 36.6 Å². The van der Waals surface area contributed by atoms with E-state index in [0.717, 1.165) is 19.0 Å². The van der Waals surface area contributed by atoms with Crippen LogP contribution in [0.3, 0.4) is 0 Å². The van der Waals surface area contributed by atoms with Gasteiger partial charge in [0.05, 0.1) is 0 Å². The Hall–Kier alpha value is -0.0800. The second-order valence-corrected chi connectivity index (χ2v) is 10.0. The minimum absolute atomic E-state index is 0. The van der Waals surface area contributed by atoms with Gasteiger partial charge >= 0.3 is 0 Å². The number of rotatable bonds is 3. The fraction of sp³-hybridized carbons (Fsp3) is 0.952. The average molecular weight is 492 g/mol. The number of piperidine rings is 2. The Morgan fingerprint density at radius 3 is 2.04 bits per heavy atom. The number of halogens is 1. The van der Waals surface area contributed by atoms with Crippen molar-refractivity contribution in [1.29, 1.82) is 0 Å². The van der Waals surface area contributed by atoms with Crippen LogP contribution in [0.2, 0.25) is 0 Å². The fourth-order valence-electron chi connectivity index (χ4n) is 4.95. The van der Waals surface area contributed by atoms with E-state index in [0.29, 0.717) is 11.0 Å². The highest BCUT2D eigenvalue weighted by molar-refractivity contribution is 14.0. The number of guanidine groups is 1. The van der Waals surface area contributed by atoms with Crippen LogP contribution in [-0.2, 0) is 0 Å². The molecule has 0 aromatic heterocycles. The molecule has 158 valence electrons. The SMILES string of the molecule is CN=C(NCC1(N2CCCCC2)CCN(C)CC1)N1CC(C)(C)C1(C)C.I. The first-order chi connectivity index (χ1) is 12.2. The highest BCUT2D eigenvalue weighted by atomic mass is 127. The van der Waals surface area contributed by atoms with Crippen molar-refractivity contribution in [2.75, 3.05) is 53.4 Å². The van der Waals surface area contributed by atoms with Crippen LogP contribution in [0.4, 0.5) is 0 Å². The third-order valence-electron chi connectivity index (χ3n) is 7.87. The molecule has 27 heavy (non-hydrogen) atoms. The van der Waals surface area contributed by atoms with Crippen LogP contribution in [0.15, 0.2) is 4.99 Å². The van der Waals surface area contributed by atoms with Crippen LogP contribution in [0.25, 0.3) is 0 Å². The summed E-state index contributed by atoms with van der Waals surface area (Å²) in [5, 5.41) is 3.80. The van der Waals surface area contributed by atoms with Crippen molar-refractivity contribution in [3.05, 3.63) is 0 Å². The van der Waals surface area contributed by atoms with Crippen LogP contribution < -0.4 is 5.32 Å². The van der Waals surface area contributed by atoms with Crippen molar-refractivity contribution in [2.24, 2.45) is 10.4 Å². The third kappa shape index (κ3) is 4.42. The van der Waals surface area contributed by atoms with Crippen LogP contribution in [0.1, 0.15) is 59.8 Å². The van der Waals surface area contributed by atoms with E-state index in [-0.39, 0.29) is 29.5 Å². The molecule has 5 nitrogen and oxygen atoms in total. The largest absolute Gasteiger partial charge is 0.354 e. The smallest absolute Gasteiger partial charge is 0.194 e. The van der Waals surface area contributed by atoms with Gasteiger partial charge in [-0.05, 0) is 72.8 Å². The first-order valence-corrected chi connectivity index (χ1v) is 10.6. The maximum Gasteiger partial charge on any atom is 0.194 e. The zero-order chi connectivity index (χ0) is 19.0. The molecule has 0 aromatic rings. The molecule has 3 aliphatic heterocycles. The zero-order valence-electron chi connectivity index (χ0n) is 18.5. The van der Waals surface area contributed by atoms with E-state index in [1.165, 1.54) is 58.3 Å². The van der Waals surface area contributed by atoms with E-state index in [9.17, 15) is 0 Å². The Morgan fingerprint density at radius 2 is 1.56 bits per heavy atom. The van der Waals surface area contributed by atoms with E-state index in [1.807, 2.05) is 7.05 Å². The molecule has 3 heterocycles. The van der Waals surface area contributed by atoms with Crippen molar-refractivity contribution in [3.63, 3.8) is 0 Å². The maximum absolute atomic E-state index is 4.65. The van der Waals surface area contributed by atoms with E-state index in [4.69, 9.17) is 0 Å². The van der Waals surface area contributed by atoms with Crippen molar-refractivity contribution in [3.8, 4) is 0 Å². The van der Waals surface area contributed by atoms with Gasteiger partial charge in [-0.25, -0.2) is 0 Å². The van der Waals surface area contributed by atoms with Crippen molar-refractivity contribution in [1.82, 2.24) is 20.0 Å². The van der Waals surface area contributed by atoms with Gasteiger partial charge in [0.1, 0.15) is 0 Å². The maximum atomic E-state index is 4.65. The van der Waals surface area contributed by atoms with Gasteiger partial charge < -0.3 is 15.1 Å². The Bertz CT molecular complexity index is 517. The summed E-state index contributed by atoms with van der Waals surface area (Å²) in [4.78, 5) is 12.4. The molecule has 0 aliphatic carbocycles. The molecule has 0 spiro atoms. The summed E-state index contributed by atoms with van der Waals surface area (Å²) >= 11 is 0. The first kappa shape index (κ1) is 23.2.